The molecule has 17 heavy (non-hydrogen) atoms. The summed E-state index contributed by atoms with van der Waals surface area (Å²) in [4.78, 5) is 12.9. The van der Waals surface area contributed by atoms with Crippen molar-refractivity contribution in [2.75, 3.05) is 5.43 Å². The molecule has 0 saturated carbocycles. The van der Waals surface area contributed by atoms with Gasteiger partial charge in [-0.15, -0.1) is 0 Å². The molecule has 0 amide bonds. The third kappa shape index (κ3) is 2.39. The predicted octanol–water partition coefficient (Wildman–Crippen LogP) is 1.70. The van der Waals surface area contributed by atoms with Crippen LogP contribution in [0.5, 0.6) is 0 Å². The average molecular weight is 229 g/mol. The summed E-state index contributed by atoms with van der Waals surface area (Å²) < 4.78 is 0. The van der Waals surface area contributed by atoms with Crippen LogP contribution in [0.4, 0.5) is 5.82 Å². The fraction of sp³-hybridized carbons (Fsp3) is 0.250. The average Bonchev–Trinajstić information content (AvgIpc) is 2.37. The van der Waals surface area contributed by atoms with Crippen molar-refractivity contribution in [3.63, 3.8) is 0 Å². The Morgan fingerprint density at radius 1 is 1.35 bits per heavy atom. The van der Waals surface area contributed by atoms with Crippen LogP contribution in [0.3, 0.4) is 0 Å². The van der Waals surface area contributed by atoms with E-state index in [9.17, 15) is 0 Å². The van der Waals surface area contributed by atoms with E-state index in [1.165, 1.54) is 0 Å². The molecule has 0 aliphatic rings. The van der Waals surface area contributed by atoms with Crippen molar-refractivity contribution >= 4 is 5.82 Å². The number of nitrogens with zero attached hydrogens (tertiary/aromatic N) is 3. The second-order valence-electron chi connectivity index (χ2n) is 3.75. The van der Waals surface area contributed by atoms with Gasteiger partial charge in [-0.2, -0.15) is 0 Å². The number of hydrazine groups is 1. The van der Waals surface area contributed by atoms with E-state index in [4.69, 9.17) is 5.84 Å². The monoisotopic (exact) mass is 229 g/mol. The molecule has 0 fully saturated rings. The van der Waals surface area contributed by atoms with E-state index in [2.05, 4.69) is 27.3 Å². The second-order valence-corrected chi connectivity index (χ2v) is 3.75. The Morgan fingerprint density at radius 3 is 2.88 bits per heavy atom. The van der Waals surface area contributed by atoms with Gasteiger partial charge in [0.25, 0.3) is 0 Å². The number of nitrogens with two attached hydrogens (primary N) is 1. The first kappa shape index (κ1) is 11.5. The molecule has 0 spiro atoms. The van der Waals surface area contributed by atoms with Gasteiger partial charge in [-0.1, -0.05) is 6.92 Å². The molecule has 88 valence electrons. The van der Waals surface area contributed by atoms with Gasteiger partial charge >= 0.3 is 0 Å². The Bertz CT molecular complexity index is 524. The number of pyridine rings is 1. The molecule has 2 heterocycles. The molecule has 0 saturated heterocycles. The lowest BCUT2D eigenvalue weighted by atomic mass is 10.1. The van der Waals surface area contributed by atoms with Crippen molar-refractivity contribution in [3.05, 3.63) is 35.8 Å². The second kappa shape index (κ2) is 4.88. The molecular weight excluding hydrogens is 214 g/mol. The summed E-state index contributed by atoms with van der Waals surface area (Å²) in [6.45, 7) is 4.00. The number of rotatable bonds is 3. The van der Waals surface area contributed by atoms with E-state index in [0.717, 1.165) is 23.2 Å². The highest BCUT2D eigenvalue weighted by Gasteiger charge is 2.08. The minimum absolute atomic E-state index is 0.617. The summed E-state index contributed by atoms with van der Waals surface area (Å²) in [6.07, 6.45) is 4.48. The molecule has 0 aliphatic carbocycles. The molecule has 3 N–H and O–H groups in total. The summed E-state index contributed by atoms with van der Waals surface area (Å²) in [7, 11) is 0. The number of aromatic nitrogens is 3. The standard InChI is InChI=1S/C12H15N5/c1-3-9-7-14-5-4-10(9)12-15-8(2)6-11(16-12)17-13/h4-7H,3,13H2,1-2H3,(H,15,16,17). The zero-order chi connectivity index (χ0) is 12.3. The molecule has 5 heteroatoms. The van der Waals surface area contributed by atoms with Crippen LogP contribution in [0.15, 0.2) is 24.5 Å². The quantitative estimate of drug-likeness (QED) is 0.618. The normalized spacial score (nSPS) is 10.3. The zero-order valence-corrected chi connectivity index (χ0v) is 9.94. The Balaban J connectivity index is 2.55. The van der Waals surface area contributed by atoms with E-state index >= 15 is 0 Å². The van der Waals surface area contributed by atoms with Crippen LogP contribution in [0.2, 0.25) is 0 Å². The summed E-state index contributed by atoms with van der Waals surface area (Å²) in [6, 6.07) is 3.73. The van der Waals surface area contributed by atoms with Gasteiger partial charge in [-0.05, 0) is 25.0 Å². The maximum Gasteiger partial charge on any atom is 0.162 e. The predicted molar refractivity (Wildman–Crippen MR) is 67.2 cm³/mol. The van der Waals surface area contributed by atoms with Crippen LogP contribution in [0.1, 0.15) is 18.2 Å². The highest BCUT2D eigenvalue weighted by Crippen LogP contribution is 2.21. The molecule has 0 bridgehead atoms. The van der Waals surface area contributed by atoms with Crippen molar-refractivity contribution in [2.24, 2.45) is 5.84 Å². The van der Waals surface area contributed by atoms with Crippen LogP contribution >= 0.6 is 0 Å². The molecule has 0 atom stereocenters. The molecule has 2 rings (SSSR count). The third-order valence-electron chi connectivity index (χ3n) is 2.53. The SMILES string of the molecule is CCc1cnccc1-c1nc(C)cc(NN)n1. The van der Waals surface area contributed by atoms with Gasteiger partial charge in [0.1, 0.15) is 5.82 Å². The summed E-state index contributed by atoms with van der Waals surface area (Å²) in [5.74, 6) is 6.68. The number of nitrogen functional groups attached to an aromatic ring is 1. The number of nitrogens with one attached hydrogen (secondary N) is 1. The van der Waals surface area contributed by atoms with E-state index in [-0.39, 0.29) is 0 Å². The molecule has 2 aromatic heterocycles. The largest absolute Gasteiger partial charge is 0.308 e. The third-order valence-corrected chi connectivity index (χ3v) is 2.53. The maximum atomic E-state index is 5.38. The first-order valence-corrected chi connectivity index (χ1v) is 5.50. The van der Waals surface area contributed by atoms with E-state index in [1.807, 2.05) is 19.2 Å². The lowest BCUT2D eigenvalue weighted by Gasteiger charge is -2.08. The molecule has 5 nitrogen and oxygen atoms in total. The van der Waals surface area contributed by atoms with Gasteiger partial charge in [0.05, 0.1) is 0 Å². The molecular formula is C12H15N5. The first-order chi connectivity index (χ1) is 8.24. The first-order valence-electron chi connectivity index (χ1n) is 5.50. The fourth-order valence-electron chi connectivity index (χ4n) is 1.69. The zero-order valence-electron chi connectivity index (χ0n) is 9.94. The molecule has 0 aromatic carbocycles. The van der Waals surface area contributed by atoms with Crippen LogP contribution in [0.25, 0.3) is 11.4 Å². The van der Waals surface area contributed by atoms with E-state index < -0.39 is 0 Å². The van der Waals surface area contributed by atoms with Crippen LogP contribution < -0.4 is 11.3 Å². The van der Waals surface area contributed by atoms with Crippen molar-refractivity contribution in [3.8, 4) is 11.4 Å². The molecule has 0 radical (unpaired) electrons. The van der Waals surface area contributed by atoms with Gasteiger partial charge in [-0.3, -0.25) is 4.98 Å². The van der Waals surface area contributed by atoms with E-state index in [0.29, 0.717) is 11.6 Å². The molecule has 2 aromatic rings. The highest BCUT2D eigenvalue weighted by atomic mass is 15.3. The summed E-state index contributed by atoms with van der Waals surface area (Å²) in [5.41, 5.74) is 5.55. The van der Waals surface area contributed by atoms with Crippen LogP contribution in [0, 0.1) is 6.92 Å². The number of hydrogen-bond acceptors (Lipinski definition) is 5. The maximum absolute atomic E-state index is 5.38. The lowest BCUT2D eigenvalue weighted by molar-refractivity contribution is 1.06. The van der Waals surface area contributed by atoms with Crippen molar-refractivity contribution in [2.45, 2.75) is 20.3 Å². The Morgan fingerprint density at radius 2 is 2.18 bits per heavy atom. The van der Waals surface area contributed by atoms with Gasteiger partial charge < -0.3 is 5.43 Å². The number of anilines is 1. The Kier molecular flexibility index (Phi) is 3.30. The van der Waals surface area contributed by atoms with Gasteiger partial charge in [0, 0.05) is 29.7 Å². The van der Waals surface area contributed by atoms with Gasteiger partial charge in [0.2, 0.25) is 0 Å². The fourth-order valence-corrected chi connectivity index (χ4v) is 1.69. The lowest BCUT2D eigenvalue weighted by Crippen LogP contribution is -2.10. The topological polar surface area (TPSA) is 76.7 Å². The van der Waals surface area contributed by atoms with Gasteiger partial charge in [-0.25, -0.2) is 15.8 Å². The molecule has 0 aliphatic heterocycles. The van der Waals surface area contributed by atoms with Crippen molar-refractivity contribution in [1.82, 2.24) is 15.0 Å². The molecule has 0 unspecified atom stereocenters. The number of aryl methyl sites for hydroxylation is 2. The number of hydrogen-bond donors (Lipinski definition) is 2. The van der Waals surface area contributed by atoms with Crippen LogP contribution in [-0.4, -0.2) is 15.0 Å². The Hall–Kier alpha value is -2.01. The summed E-state index contributed by atoms with van der Waals surface area (Å²) >= 11 is 0. The summed E-state index contributed by atoms with van der Waals surface area (Å²) in [5, 5.41) is 0. The Labute approximate surface area is 100 Å². The highest BCUT2D eigenvalue weighted by molar-refractivity contribution is 5.61. The minimum Gasteiger partial charge on any atom is -0.308 e. The smallest absolute Gasteiger partial charge is 0.162 e. The van der Waals surface area contributed by atoms with Crippen LogP contribution in [-0.2, 0) is 6.42 Å². The van der Waals surface area contributed by atoms with E-state index in [1.54, 1.807) is 12.3 Å². The van der Waals surface area contributed by atoms with Crippen molar-refractivity contribution < 1.29 is 0 Å². The minimum atomic E-state index is 0.617. The van der Waals surface area contributed by atoms with Gasteiger partial charge in [0.15, 0.2) is 5.82 Å². The van der Waals surface area contributed by atoms with Crippen molar-refractivity contribution in [1.29, 1.82) is 0 Å².